The summed E-state index contributed by atoms with van der Waals surface area (Å²) in [4.78, 5) is 0. The number of aliphatic hydroxyl groups is 1. The summed E-state index contributed by atoms with van der Waals surface area (Å²) in [7, 11) is 0. The van der Waals surface area contributed by atoms with Crippen molar-refractivity contribution in [3.8, 4) is 5.75 Å². The summed E-state index contributed by atoms with van der Waals surface area (Å²) in [5.74, 6) is 0.386. The van der Waals surface area contributed by atoms with Crippen molar-refractivity contribution >= 4 is 0 Å². The minimum absolute atomic E-state index is 0. The molecule has 14 heavy (non-hydrogen) atoms. The maximum absolute atomic E-state index is 9.14. The van der Waals surface area contributed by atoms with Crippen molar-refractivity contribution in [2.75, 3.05) is 6.61 Å². The Balaban J connectivity index is 0. The number of phenols is 1. The van der Waals surface area contributed by atoms with E-state index in [0.717, 1.165) is 12.0 Å². The molecule has 0 unspecified atom stereocenters. The van der Waals surface area contributed by atoms with E-state index in [9.17, 15) is 0 Å². The van der Waals surface area contributed by atoms with Crippen LogP contribution in [-0.4, -0.2) is 16.8 Å². The number of aliphatic hydroxyl groups excluding tert-OH is 1. The SMILES string of the molecule is CCO.CCc1ccc(O)c(C)c1.[La]. The van der Waals surface area contributed by atoms with Gasteiger partial charge in [0, 0.05) is 42.2 Å². The molecule has 0 heterocycles. The molecular formula is C11H18LaO2. The number of benzene rings is 1. The van der Waals surface area contributed by atoms with Crippen molar-refractivity contribution in [2.45, 2.75) is 27.2 Å². The van der Waals surface area contributed by atoms with Gasteiger partial charge in [-0.25, -0.2) is 0 Å². The quantitative estimate of drug-likeness (QED) is 0.833. The zero-order valence-corrected chi connectivity index (χ0v) is 12.7. The predicted octanol–water partition coefficient (Wildman–Crippen LogP) is 2.26. The molecule has 0 saturated heterocycles. The van der Waals surface area contributed by atoms with Crippen LogP contribution in [0.1, 0.15) is 25.0 Å². The van der Waals surface area contributed by atoms with Crippen LogP contribution in [0.25, 0.3) is 0 Å². The molecule has 0 aromatic heterocycles. The normalized spacial score (nSPS) is 8.29. The van der Waals surface area contributed by atoms with Crippen molar-refractivity contribution in [1.29, 1.82) is 0 Å². The minimum Gasteiger partial charge on any atom is -0.508 e. The fourth-order valence-corrected chi connectivity index (χ4v) is 0.937. The van der Waals surface area contributed by atoms with Crippen molar-refractivity contribution in [3.05, 3.63) is 29.3 Å². The molecule has 77 valence electrons. The van der Waals surface area contributed by atoms with Gasteiger partial charge in [-0.1, -0.05) is 19.1 Å². The van der Waals surface area contributed by atoms with Crippen LogP contribution in [0.4, 0.5) is 0 Å². The van der Waals surface area contributed by atoms with E-state index < -0.39 is 0 Å². The fourth-order valence-electron chi connectivity index (χ4n) is 0.937. The fraction of sp³-hybridized carbons (Fsp3) is 0.455. The summed E-state index contributed by atoms with van der Waals surface area (Å²) in [6.45, 7) is 5.94. The number of hydrogen-bond acceptors (Lipinski definition) is 2. The van der Waals surface area contributed by atoms with E-state index in [1.165, 1.54) is 5.56 Å². The zero-order chi connectivity index (χ0) is 10.3. The van der Waals surface area contributed by atoms with Gasteiger partial charge < -0.3 is 10.2 Å². The Morgan fingerprint density at radius 3 is 2.07 bits per heavy atom. The van der Waals surface area contributed by atoms with Crippen molar-refractivity contribution < 1.29 is 45.8 Å². The number of phenolic OH excluding ortho intramolecular Hbond substituents is 1. The summed E-state index contributed by atoms with van der Waals surface area (Å²) in [5, 5.41) is 16.7. The first-order chi connectivity index (χ1) is 6.15. The van der Waals surface area contributed by atoms with Gasteiger partial charge in [-0.2, -0.15) is 0 Å². The maximum Gasteiger partial charge on any atom is 0.118 e. The van der Waals surface area contributed by atoms with Gasteiger partial charge in [0.05, 0.1) is 0 Å². The Hall–Kier alpha value is 0.175. The third-order valence-corrected chi connectivity index (χ3v) is 1.67. The first-order valence-corrected chi connectivity index (χ1v) is 4.55. The summed E-state index contributed by atoms with van der Waals surface area (Å²) in [6.07, 6.45) is 1.03. The Morgan fingerprint density at radius 1 is 1.21 bits per heavy atom. The second kappa shape index (κ2) is 9.72. The number of aryl methyl sites for hydroxylation is 2. The summed E-state index contributed by atoms with van der Waals surface area (Å²) < 4.78 is 0. The predicted molar refractivity (Wildman–Crippen MR) is 55.0 cm³/mol. The van der Waals surface area contributed by atoms with E-state index in [1.54, 1.807) is 13.0 Å². The average Bonchev–Trinajstić information content (AvgIpc) is 2.11. The molecule has 0 saturated carbocycles. The number of rotatable bonds is 1. The Morgan fingerprint density at radius 2 is 1.71 bits per heavy atom. The Kier molecular flexibility index (Phi) is 11.5. The molecule has 0 aliphatic heterocycles. The molecule has 2 N–H and O–H groups in total. The average molecular weight is 321 g/mol. The molecule has 0 aliphatic rings. The Labute approximate surface area is 114 Å². The first-order valence-electron chi connectivity index (χ1n) is 4.55. The number of hydrogen-bond donors (Lipinski definition) is 2. The molecule has 0 spiro atoms. The van der Waals surface area contributed by atoms with Crippen LogP contribution < -0.4 is 0 Å². The van der Waals surface area contributed by atoms with E-state index in [4.69, 9.17) is 10.2 Å². The molecule has 0 aliphatic carbocycles. The van der Waals surface area contributed by atoms with Crippen LogP contribution in [-0.2, 0) is 6.42 Å². The topological polar surface area (TPSA) is 40.5 Å². The van der Waals surface area contributed by atoms with Crippen LogP contribution in [0.5, 0.6) is 5.75 Å². The third kappa shape index (κ3) is 6.60. The summed E-state index contributed by atoms with van der Waals surface area (Å²) in [5.41, 5.74) is 2.23. The number of aromatic hydroxyl groups is 1. The molecule has 3 heteroatoms. The molecule has 0 atom stereocenters. The van der Waals surface area contributed by atoms with Crippen LogP contribution in [0.3, 0.4) is 0 Å². The van der Waals surface area contributed by atoms with Gasteiger partial charge in [0.25, 0.3) is 0 Å². The van der Waals surface area contributed by atoms with Crippen LogP contribution in [0.2, 0.25) is 0 Å². The van der Waals surface area contributed by atoms with Gasteiger partial charge in [0.2, 0.25) is 0 Å². The second-order valence-electron chi connectivity index (χ2n) is 2.79. The molecule has 0 bridgehead atoms. The van der Waals surface area contributed by atoms with Crippen LogP contribution in [0.15, 0.2) is 18.2 Å². The van der Waals surface area contributed by atoms with E-state index >= 15 is 0 Å². The van der Waals surface area contributed by atoms with Gasteiger partial charge in [0.15, 0.2) is 0 Å². The summed E-state index contributed by atoms with van der Waals surface area (Å²) in [6, 6.07) is 5.70. The van der Waals surface area contributed by atoms with Crippen molar-refractivity contribution in [1.82, 2.24) is 0 Å². The van der Waals surface area contributed by atoms with E-state index in [0.29, 0.717) is 5.75 Å². The van der Waals surface area contributed by atoms with Gasteiger partial charge in [-0.05, 0) is 37.5 Å². The summed E-state index contributed by atoms with van der Waals surface area (Å²) >= 11 is 0. The second-order valence-corrected chi connectivity index (χ2v) is 2.79. The smallest absolute Gasteiger partial charge is 0.118 e. The molecule has 1 aromatic carbocycles. The molecule has 1 aromatic rings. The third-order valence-electron chi connectivity index (χ3n) is 1.67. The van der Waals surface area contributed by atoms with Gasteiger partial charge in [0.1, 0.15) is 5.75 Å². The van der Waals surface area contributed by atoms with Gasteiger partial charge in [-0.3, -0.25) is 0 Å². The van der Waals surface area contributed by atoms with Crippen LogP contribution in [0, 0.1) is 42.5 Å². The van der Waals surface area contributed by atoms with E-state index in [-0.39, 0.29) is 42.2 Å². The molecule has 1 rings (SSSR count). The van der Waals surface area contributed by atoms with E-state index in [2.05, 4.69) is 6.92 Å². The van der Waals surface area contributed by atoms with Crippen molar-refractivity contribution in [2.24, 2.45) is 0 Å². The molecule has 2 nitrogen and oxygen atoms in total. The minimum atomic E-state index is 0. The molecule has 0 fully saturated rings. The molecule has 1 radical (unpaired) electrons. The standard InChI is InChI=1S/C9H12O.C2H6O.La/c1-3-8-4-5-9(10)7(2)6-8;1-2-3;/h4-6,10H,3H2,1-2H3;3H,2H2,1H3;. The largest absolute Gasteiger partial charge is 0.508 e. The zero-order valence-electron chi connectivity index (χ0n) is 9.12. The maximum atomic E-state index is 9.14. The van der Waals surface area contributed by atoms with Gasteiger partial charge >= 0.3 is 0 Å². The first kappa shape index (κ1) is 16.6. The van der Waals surface area contributed by atoms with Crippen molar-refractivity contribution in [3.63, 3.8) is 0 Å². The van der Waals surface area contributed by atoms with Crippen LogP contribution >= 0.6 is 0 Å². The monoisotopic (exact) mass is 321 g/mol. The molecular weight excluding hydrogens is 303 g/mol. The van der Waals surface area contributed by atoms with Gasteiger partial charge in [-0.15, -0.1) is 0 Å². The molecule has 0 amide bonds. The van der Waals surface area contributed by atoms with E-state index in [1.807, 2.05) is 19.1 Å². The Bertz CT molecular complexity index is 249.